The maximum atomic E-state index is 12.0. The molecule has 0 fully saturated rings. The van der Waals surface area contributed by atoms with Crippen molar-refractivity contribution in [2.75, 3.05) is 6.61 Å². The van der Waals surface area contributed by atoms with Gasteiger partial charge in [-0.3, -0.25) is 0 Å². The van der Waals surface area contributed by atoms with Crippen molar-refractivity contribution >= 4 is 11.5 Å². The normalized spacial score (nSPS) is 11.6. The number of carbonyl (C=O) groups excluding carboxylic acids is 1. The van der Waals surface area contributed by atoms with Gasteiger partial charge >= 0.3 is 5.97 Å². The lowest BCUT2D eigenvalue weighted by atomic mass is 10.0. The molecule has 0 saturated carbocycles. The zero-order valence-corrected chi connectivity index (χ0v) is 11.6. The molecule has 0 unspecified atom stereocenters. The summed E-state index contributed by atoms with van der Waals surface area (Å²) >= 11 is 0. The smallest absolute Gasteiger partial charge is 0.338 e. The Bertz CT molecular complexity index is 596. The highest BCUT2D eigenvalue weighted by atomic mass is 16.5. The minimum atomic E-state index is -0.256. The van der Waals surface area contributed by atoms with E-state index in [1.54, 1.807) is 0 Å². The third kappa shape index (κ3) is 2.53. The Kier molecular flexibility index (Phi) is 4.00. The third-order valence-corrected chi connectivity index (χ3v) is 3.26. The van der Waals surface area contributed by atoms with Gasteiger partial charge < -0.3 is 4.74 Å². The van der Waals surface area contributed by atoms with Crippen LogP contribution in [0.5, 0.6) is 0 Å². The van der Waals surface area contributed by atoms with Crippen molar-refractivity contribution in [2.24, 2.45) is 0 Å². The molecule has 0 amide bonds. The number of fused-ring (bicyclic) bond motifs is 1. The number of hydrogen-bond acceptors (Lipinski definition) is 2. The number of rotatable bonds is 3. The molecule has 0 N–H and O–H groups in total. The summed E-state index contributed by atoms with van der Waals surface area (Å²) in [5.74, 6) is -0.256. The summed E-state index contributed by atoms with van der Waals surface area (Å²) in [6.07, 6.45) is 2.05. The van der Waals surface area contributed by atoms with Crippen LogP contribution >= 0.6 is 0 Å². The topological polar surface area (TPSA) is 26.3 Å². The van der Waals surface area contributed by atoms with Gasteiger partial charge in [0.1, 0.15) is 0 Å². The van der Waals surface area contributed by atoms with E-state index >= 15 is 0 Å². The Morgan fingerprint density at radius 1 is 1.16 bits per heavy atom. The molecule has 0 bridgehead atoms. The first-order valence-electron chi connectivity index (χ1n) is 6.51. The fourth-order valence-electron chi connectivity index (χ4n) is 2.18. The molecule has 2 aliphatic rings. The predicted octanol–water partition coefficient (Wildman–Crippen LogP) is 4.39. The molecule has 19 heavy (non-hydrogen) atoms. The average molecular weight is 254 g/mol. The molecule has 0 heterocycles. The summed E-state index contributed by atoms with van der Waals surface area (Å²) in [4.78, 5) is 12.0. The monoisotopic (exact) mass is 254 g/mol. The van der Waals surface area contributed by atoms with Crippen molar-refractivity contribution < 1.29 is 9.53 Å². The highest BCUT2D eigenvalue weighted by Gasteiger charge is 2.20. The van der Waals surface area contributed by atoms with Crippen LogP contribution in [-0.4, -0.2) is 12.6 Å². The van der Waals surface area contributed by atoms with Crippen molar-refractivity contribution in [2.45, 2.75) is 20.8 Å². The first-order chi connectivity index (χ1) is 9.19. The highest BCUT2D eigenvalue weighted by Crippen LogP contribution is 2.36. The Labute approximate surface area is 114 Å². The Hall–Kier alpha value is -2.09. The summed E-state index contributed by atoms with van der Waals surface area (Å²) in [6, 6.07) is 11.8. The molecule has 0 aromatic heterocycles. The lowest BCUT2D eigenvalue weighted by Crippen LogP contribution is -2.03. The van der Waals surface area contributed by atoms with Crippen LogP contribution in [0, 0.1) is 0 Å². The number of hydrogen-bond donors (Lipinski definition) is 0. The summed E-state index contributed by atoms with van der Waals surface area (Å²) in [6.45, 7) is 6.27. The first kappa shape index (κ1) is 13.3. The molecular weight excluding hydrogens is 236 g/mol. The number of allylic oxidation sites excluding steroid dienone is 2. The van der Waals surface area contributed by atoms with Gasteiger partial charge in [0.15, 0.2) is 0 Å². The van der Waals surface area contributed by atoms with Crippen molar-refractivity contribution in [3.05, 3.63) is 53.6 Å². The van der Waals surface area contributed by atoms with Crippen LogP contribution in [0.25, 0.3) is 16.7 Å². The van der Waals surface area contributed by atoms with E-state index in [1.165, 1.54) is 0 Å². The van der Waals surface area contributed by atoms with E-state index in [-0.39, 0.29) is 5.97 Å². The van der Waals surface area contributed by atoms with E-state index in [1.807, 2.05) is 50.2 Å². The average Bonchev–Trinajstić information content (AvgIpc) is 2.60. The number of esters is 1. The minimum absolute atomic E-state index is 0.256. The first-order valence-corrected chi connectivity index (χ1v) is 6.51. The van der Waals surface area contributed by atoms with Gasteiger partial charge in [0.2, 0.25) is 0 Å². The second-order valence-corrected chi connectivity index (χ2v) is 4.40. The molecule has 0 spiro atoms. The fourth-order valence-corrected chi connectivity index (χ4v) is 2.18. The molecule has 0 saturated heterocycles. The molecule has 0 aliphatic heterocycles. The van der Waals surface area contributed by atoms with Gasteiger partial charge in [-0.1, -0.05) is 36.4 Å². The molecule has 98 valence electrons. The van der Waals surface area contributed by atoms with Crippen LogP contribution in [-0.2, 0) is 4.74 Å². The lowest BCUT2D eigenvalue weighted by Gasteiger charge is -2.02. The van der Waals surface area contributed by atoms with Gasteiger partial charge in [0.25, 0.3) is 0 Å². The highest BCUT2D eigenvalue weighted by molar-refractivity contribution is 6.02. The van der Waals surface area contributed by atoms with E-state index in [0.29, 0.717) is 12.2 Å². The number of ether oxygens (including phenoxy) is 1. The summed E-state index contributed by atoms with van der Waals surface area (Å²) in [5.41, 5.74) is 4.93. The van der Waals surface area contributed by atoms with Crippen molar-refractivity contribution in [3.63, 3.8) is 0 Å². The van der Waals surface area contributed by atoms with Crippen molar-refractivity contribution in [3.8, 4) is 11.1 Å². The minimum Gasteiger partial charge on any atom is -0.462 e. The quantitative estimate of drug-likeness (QED) is 0.759. The molecule has 2 heteroatoms. The maximum Gasteiger partial charge on any atom is 0.338 e. The van der Waals surface area contributed by atoms with Crippen molar-refractivity contribution in [1.82, 2.24) is 0 Å². The van der Waals surface area contributed by atoms with Crippen molar-refractivity contribution in [1.29, 1.82) is 0 Å². The zero-order valence-electron chi connectivity index (χ0n) is 11.6. The zero-order chi connectivity index (χ0) is 13.8. The molecule has 0 radical (unpaired) electrons. The van der Waals surface area contributed by atoms with Crippen LogP contribution in [0.4, 0.5) is 0 Å². The molecule has 2 nitrogen and oxygen atoms in total. The molecule has 2 rings (SSSR count). The fraction of sp³-hybridized carbons (Fsp3) is 0.235. The largest absolute Gasteiger partial charge is 0.462 e. The van der Waals surface area contributed by atoms with E-state index in [2.05, 4.69) is 13.0 Å². The van der Waals surface area contributed by atoms with Crippen LogP contribution < -0.4 is 0 Å². The summed E-state index contributed by atoms with van der Waals surface area (Å²) < 4.78 is 5.13. The van der Waals surface area contributed by atoms with E-state index in [0.717, 1.165) is 22.3 Å². The number of carbonyl (C=O) groups is 1. The molecule has 2 aliphatic carbocycles. The molecule has 0 aromatic rings. The maximum absolute atomic E-state index is 12.0. The van der Waals surface area contributed by atoms with Gasteiger partial charge in [-0.2, -0.15) is 0 Å². The van der Waals surface area contributed by atoms with Crippen LogP contribution in [0.2, 0.25) is 0 Å². The second kappa shape index (κ2) is 5.70. The molecule has 0 atom stereocenters. The third-order valence-electron chi connectivity index (χ3n) is 3.26. The van der Waals surface area contributed by atoms with Crippen LogP contribution in [0.1, 0.15) is 36.7 Å². The van der Waals surface area contributed by atoms with E-state index in [9.17, 15) is 4.79 Å². The van der Waals surface area contributed by atoms with Gasteiger partial charge in [-0.15, -0.1) is 0 Å². The molecular formula is C17H18O2. The SMILES string of the molecule is C/C=C(\C)c1cc(C(=O)OCC)c2cccccc1-2. The lowest BCUT2D eigenvalue weighted by molar-refractivity contribution is 0.0527. The van der Waals surface area contributed by atoms with Crippen LogP contribution in [0.15, 0.2) is 42.5 Å². The second-order valence-electron chi connectivity index (χ2n) is 4.40. The van der Waals surface area contributed by atoms with Gasteiger partial charge in [-0.05, 0) is 49.1 Å². The van der Waals surface area contributed by atoms with Gasteiger partial charge in [-0.25, -0.2) is 4.79 Å². The van der Waals surface area contributed by atoms with Gasteiger partial charge in [0, 0.05) is 0 Å². The van der Waals surface area contributed by atoms with E-state index in [4.69, 9.17) is 4.74 Å². The Balaban J connectivity index is 2.64. The summed E-state index contributed by atoms with van der Waals surface area (Å²) in [7, 11) is 0. The van der Waals surface area contributed by atoms with Gasteiger partial charge in [0.05, 0.1) is 12.2 Å². The molecule has 0 aromatic carbocycles. The van der Waals surface area contributed by atoms with E-state index < -0.39 is 0 Å². The van der Waals surface area contributed by atoms with Crippen LogP contribution in [0.3, 0.4) is 0 Å². The Morgan fingerprint density at radius 3 is 2.37 bits per heavy atom. The summed E-state index contributed by atoms with van der Waals surface area (Å²) in [5, 5.41) is 0. The predicted molar refractivity (Wildman–Crippen MR) is 78.3 cm³/mol. The standard InChI is InChI=1S/C17H18O2/c1-4-12(3)15-11-16(17(18)19-5-2)14-10-8-6-7-9-13(14)15/h4,6-11H,5H2,1-3H3/b12-4+. The Morgan fingerprint density at radius 2 is 1.79 bits per heavy atom.